The number of quaternary nitrogens is 1. The van der Waals surface area contributed by atoms with Gasteiger partial charge < -0.3 is 43.2 Å². The predicted octanol–water partition coefficient (Wildman–Crippen LogP) is -1.71. The van der Waals surface area contributed by atoms with Gasteiger partial charge in [0.2, 0.25) is 0 Å². The zero-order valence-electron chi connectivity index (χ0n) is 20.4. The van der Waals surface area contributed by atoms with Crippen LogP contribution in [0.4, 0.5) is 0 Å². The molecule has 0 radical (unpaired) electrons. The number of likely N-dealkylation sites (tertiary alicyclic amines) is 1. The summed E-state index contributed by atoms with van der Waals surface area (Å²) in [5.41, 5.74) is 2.71. The molecular weight excluding hydrogens is 594 g/mol. The molecule has 2 N–H and O–H groups in total. The number of piperidine rings is 1. The summed E-state index contributed by atoms with van der Waals surface area (Å²) in [5.74, 6) is 0.172. The molecule has 0 saturated carbocycles. The van der Waals surface area contributed by atoms with Crippen molar-refractivity contribution in [3.8, 4) is 11.5 Å². The smallest absolute Gasteiger partial charge is 0.253 e. The van der Waals surface area contributed by atoms with E-state index < -0.39 is 13.5 Å². The number of ether oxygens (including phenoxy) is 1. The number of carbonyl (C=O) groups excluding carboxylic acids is 2. The maximum atomic E-state index is 12.6. The van der Waals surface area contributed by atoms with Crippen LogP contribution in [0.1, 0.15) is 23.1 Å². The molecule has 5 aliphatic rings. The van der Waals surface area contributed by atoms with Crippen LogP contribution in [0.5, 0.6) is 11.5 Å². The molecule has 2 amide bonds. The number of likely N-dealkylation sites (N-methyl/N-ethyl adjacent to an activating group) is 1. The van der Waals surface area contributed by atoms with Crippen LogP contribution >= 0.6 is 7.37 Å². The first-order valence-corrected chi connectivity index (χ1v) is 14.6. The van der Waals surface area contributed by atoms with Crippen LogP contribution in [-0.2, 0) is 30.5 Å². The summed E-state index contributed by atoms with van der Waals surface area (Å²) in [7, 11) is -0.547. The topological polar surface area (TPSA) is 97.6 Å². The van der Waals surface area contributed by atoms with Crippen molar-refractivity contribution in [3.63, 3.8) is 0 Å². The maximum Gasteiger partial charge on any atom is 0.253 e. The van der Waals surface area contributed by atoms with Crippen molar-refractivity contribution >= 4 is 25.3 Å². The number of phenols is 1. The van der Waals surface area contributed by atoms with E-state index in [1.165, 1.54) is 22.0 Å². The SMILES string of the molecule is C[NH+]1CC[C@]23c4c5c(/C=C/CN6C(=O)C=CC6=O)cc(O)c4O[C@H]2[C@@H](OP(C)(C)=O)C=CC3[C@H]1C5.[I-]. The Morgan fingerprint density at radius 2 is 2.00 bits per heavy atom. The highest BCUT2D eigenvalue weighted by molar-refractivity contribution is 7.57. The van der Waals surface area contributed by atoms with Gasteiger partial charge in [-0.15, -0.1) is 0 Å². The van der Waals surface area contributed by atoms with Crippen LogP contribution in [0, 0.1) is 5.92 Å². The van der Waals surface area contributed by atoms with Crippen molar-refractivity contribution in [2.45, 2.75) is 36.5 Å². The molecule has 1 aromatic rings. The number of carbonyl (C=O) groups is 2. The average molecular weight is 624 g/mol. The summed E-state index contributed by atoms with van der Waals surface area (Å²) in [4.78, 5) is 26.4. The van der Waals surface area contributed by atoms with Crippen molar-refractivity contribution in [1.29, 1.82) is 0 Å². The maximum absolute atomic E-state index is 12.6. The minimum atomic E-state index is -2.77. The van der Waals surface area contributed by atoms with E-state index in [1.54, 1.807) is 25.5 Å². The van der Waals surface area contributed by atoms with Crippen molar-refractivity contribution in [1.82, 2.24) is 4.90 Å². The number of amides is 2. The molecule has 8 nitrogen and oxygen atoms in total. The number of halogens is 1. The minimum absolute atomic E-state index is 0. The molecule has 1 aromatic carbocycles. The fourth-order valence-electron chi connectivity index (χ4n) is 6.91. The van der Waals surface area contributed by atoms with Gasteiger partial charge in [-0.3, -0.25) is 19.1 Å². The van der Waals surface area contributed by atoms with E-state index in [2.05, 4.69) is 13.1 Å². The monoisotopic (exact) mass is 624 g/mol. The number of imide groups is 1. The largest absolute Gasteiger partial charge is 1.00 e. The molecule has 3 heterocycles. The number of nitrogens with one attached hydrogen (secondary N) is 1. The minimum Gasteiger partial charge on any atom is -1.00 e. The Balaban J connectivity index is 0.00000267. The van der Waals surface area contributed by atoms with Gasteiger partial charge in [0.15, 0.2) is 18.9 Å². The Morgan fingerprint density at radius 1 is 1.28 bits per heavy atom. The lowest BCUT2D eigenvalue weighted by atomic mass is 9.53. The Morgan fingerprint density at radius 3 is 2.69 bits per heavy atom. The van der Waals surface area contributed by atoms with Gasteiger partial charge in [0.25, 0.3) is 11.8 Å². The molecule has 3 aliphatic heterocycles. The van der Waals surface area contributed by atoms with Gasteiger partial charge in [-0.05, 0) is 17.2 Å². The second kappa shape index (κ2) is 8.82. The zero-order valence-corrected chi connectivity index (χ0v) is 23.5. The number of phenolic OH excluding ortho intramolecular Hbond substituents is 1. The molecule has 6 rings (SSSR count). The van der Waals surface area contributed by atoms with E-state index in [4.69, 9.17) is 9.26 Å². The molecule has 2 aliphatic carbocycles. The quantitative estimate of drug-likeness (QED) is 0.175. The predicted molar refractivity (Wildman–Crippen MR) is 130 cm³/mol. The van der Waals surface area contributed by atoms with Crippen LogP contribution < -0.4 is 33.6 Å². The van der Waals surface area contributed by atoms with Gasteiger partial charge >= 0.3 is 0 Å². The number of aromatic hydroxyl groups is 1. The molecule has 1 fully saturated rings. The van der Waals surface area contributed by atoms with E-state index >= 15 is 0 Å². The van der Waals surface area contributed by atoms with E-state index in [0.29, 0.717) is 11.8 Å². The molecular formula is C26H30IN2O6P. The lowest BCUT2D eigenvalue weighted by Crippen LogP contribution is -3.16. The molecule has 192 valence electrons. The number of hydrogen-bond donors (Lipinski definition) is 2. The van der Waals surface area contributed by atoms with Crippen LogP contribution in [-0.4, -0.2) is 73.5 Å². The van der Waals surface area contributed by atoms with E-state index in [9.17, 15) is 19.3 Å². The molecule has 1 spiro atoms. The molecule has 2 bridgehead atoms. The average Bonchev–Trinajstić information content (AvgIpc) is 3.30. The Bertz CT molecular complexity index is 1270. The highest BCUT2D eigenvalue weighted by Crippen LogP contribution is 2.62. The van der Waals surface area contributed by atoms with Crippen LogP contribution in [0.15, 0.2) is 36.4 Å². The van der Waals surface area contributed by atoms with E-state index in [0.717, 1.165) is 36.1 Å². The third-order valence-corrected chi connectivity index (χ3v) is 9.06. The fourth-order valence-corrected chi connectivity index (χ4v) is 7.67. The van der Waals surface area contributed by atoms with Gasteiger partial charge in [0.1, 0.15) is 12.2 Å². The summed E-state index contributed by atoms with van der Waals surface area (Å²) in [6.07, 6.45) is 11.4. The normalized spacial score (nSPS) is 33.6. The van der Waals surface area contributed by atoms with Gasteiger partial charge in [0.05, 0.1) is 25.0 Å². The first-order chi connectivity index (χ1) is 16.6. The van der Waals surface area contributed by atoms with Crippen molar-refractivity contribution in [2.24, 2.45) is 5.92 Å². The van der Waals surface area contributed by atoms with Gasteiger partial charge in [-0.25, -0.2) is 0 Å². The summed E-state index contributed by atoms with van der Waals surface area (Å²) in [6, 6.07) is 2.05. The molecule has 6 atom stereocenters. The van der Waals surface area contributed by atoms with Gasteiger partial charge in [-0.2, -0.15) is 0 Å². The first-order valence-electron chi connectivity index (χ1n) is 12.1. The first kappa shape index (κ1) is 25.7. The number of benzene rings is 1. The second-order valence-electron chi connectivity index (χ2n) is 10.7. The van der Waals surface area contributed by atoms with E-state index in [1.807, 2.05) is 12.2 Å². The summed E-state index contributed by atoms with van der Waals surface area (Å²) in [5, 5.41) is 11.0. The standard InChI is InChI=1S/C26H29N2O6P.HI/c1-27-12-10-26-17-6-7-20(34-35(2,3)32)25(26)33-24-19(29)13-15(16(23(24)26)14-18(17)27)5-4-11-28-21(30)8-9-22(28)31;/h4-9,13,17-18,20,25,29H,10-12,14H2,1-3H3;1H/b5-4+;/t17?,18-,20+,25+,26+;/m1./s1. The zero-order chi connectivity index (χ0) is 24.7. The summed E-state index contributed by atoms with van der Waals surface area (Å²) in [6.45, 7) is 4.38. The van der Waals surface area contributed by atoms with Crippen molar-refractivity contribution < 1.29 is 57.4 Å². The Kier molecular flexibility index (Phi) is 6.30. The third kappa shape index (κ3) is 3.73. The summed E-state index contributed by atoms with van der Waals surface area (Å²) < 4.78 is 25.1. The Labute approximate surface area is 227 Å². The second-order valence-corrected chi connectivity index (χ2v) is 13.4. The van der Waals surface area contributed by atoms with Gasteiger partial charge in [0, 0.05) is 56.3 Å². The number of rotatable bonds is 5. The lowest BCUT2D eigenvalue weighted by molar-refractivity contribution is -0.917. The summed E-state index contributed by atoms with van der Waals surface area (Å²) >= 11 is 0. The number of hydrogen-bond acceptors (Lipinski definition) is 6. The van der Waals surface area contributed by atoms with Crippen LogP contribution in [0.25, 0.3) is 6.08 Å². The fraction of sp³-hybridized carbons (Fsp3) is 0.462. The number of nitrogens with zero attached hydrogens (tertiary/aromatic N) is 1. The molecule has 10 heteroatoms. The highest BCUT2D eigenvalue weighted by atomic mass is 127. The lowest BCUT2D eigenvalue weighted by Gasteiger charge is -2.55. The van der Waals surface area contributed by atoms with Crippen LogP contribution in [0.2, 0.25) is 0 Å². The Hall–Kier alpha value is -1.94. The highest BCUT2D eigenvalue weighted by Gasteiger charge is 2.66. The van der Waals surface area contributed by atoms with Crippen LogP contribution in [0.3, 0.4) is 0 Å². The van der Waals surface area contributed by atoms with Crippen molar-refractivity contribution in [3.05, 3.63) is 53.1 Å². The van der Waals surface area contributed by atoms with Gasteiger partial charge in [-0.1, -0.05) is 24.3 Å². The van der Waals surface area contributed by atoms with Crippen molar-refractivity contribution in [2.75, 3.05) is 33.5 Å². The third-order valence-electron chi connectivity index (χ3n) is 8.31. The molecule has 0 aromatic heterocycles. The molecule has 36 heavy (non-hydrogen) atoms. The van der Waals surface area contributed by atoms with E-state index in [-0.39, 0.29) is 65.5 Å². The molecule has 1 saturated heterocycles. The molecule has 2 unspecified atom stereocenters.